The highest BCUT2D eigenvalue weighted by Gasteiger charge is 2.51. The largest absolute Gasteiger partial charge is 0.355 e. The van der Waals surface area contributed by atoms with Crippen LogP contribution in [-0.2, 0) is 38.0 Å². The minimum absolute atomic E-state index is 0.0513. The zero-order chi connectivity index (χ0) is 32.5. The van der Waals surface area contributed by atoms with Crippen molar-refractivity contribution < 1.29 is 18.0 Å². The van der Waals surface area contributed by atoms with Crippen molar-refractivity contribution >= 4 is 39.1 Å². The normalized spacial score (nSPS) is 23.9. The van der Waals surface area contributed by atoms with E-state index < -0.39 is 28.5 Å². The Morgan fingerprint density at radius 2 is 1.48 bits per heavy atom. The summed E-state index contributed by atoms with van der Waals surface area (Å²) in [7, 11) is -3.84. The predicted octanol–water partition coefficient (Wildman–Crippen LogP) is 6.35. The Hall–Kier alpha value is -3.36. The lowest BCUT2D eigenvalue weighted by Gasteiger charge is -2.57. The molecule has 7 rings (SSSR count). The number of halogens is 1. The molecule has 4 saturated carbocycles. The first kappa shape index (κ1) is 32.6. The van der Waals surface area contributed by atoms with E-state index in [2.05, 4.69) is 17.4 Å². The van der Waals surface area contributed by atoms with Crippen LogP contribution in [0.25, 0.3) is 0 Å². The smallest absolute Gasteiger partial charge is 0.244 e. The number of carbonyl (C=O) groups is 2. The summed E-state index contributed by atoms with van der Waals surface area (Å²) in [6, 6.07) is 23.7. The molecule has 0 aliphatic heterocycles. The van der Waals surface area contributed by atoms with Gasteiger partial charge in [-0.05, 0) is 104 Å². The van der Waals surface area contributed by atoms with E-state index in [1.807, 2.05) is 67.6 Å². The molecule has 4 fully saturated rings. The number of hydrogen-bond acceptors (Lipinski definition) is 4. The van der Waals surface area contributed by atoms with Gasteiger partial charge in [0.05, 0.1) is 11.9 Å². The molecule has 9 heteroatoms. The van der Waals surface area contributed by atoms with Crippen molar-refractivity contribution in [1.29, 1.82) is 0 Å². The summed E-state index contributed by atoms with van der Waals surface area (Å²) >= 11 is 6.53. The van der Waals surface area contributed by atoms with Gasteiger partial charge >= 0.3 is 0 Å². The van der Waals surface area contributed by atoms with Crippen molar-refractivity contribution in [2.45, 2.75) is 69.9 Å². The molecule has 0 heterocycles. The van der Waals surface area contributed by atoms with Crippen molar-refractivity contribution in [3.63, 3.8) is 0 Å². The number of likely N-dealkylation sites (N-methyl/N-ethyl adjacent to an activating group) is 1. The highest BCUT2D eigenvalue weighted by atomic mass is 35.5. The molecule has 4 aliphatic rings. The molecule has 0 radical (unpaired) electrons. The van der Waals surface area contributed by atoms with Gasteiger partial charge in [0.1, 0.15) is 12.6 Å². The van der Waals surface area contributed by atoms with Crippen LogP contribution >= 0.6 is 11.6 Å². The lowest BCUT2D eigenvalue weighted by Crippen LogP contribution is -2.53. The van der Waals surface area contributed by atoms with Gasteiger partial charge in [0.25, 0.3) is 0 Å². The summed E-state index contributed by atoms with van der Waals surface area (Å²) in [5.41, 5.74) is 3.47. The second kappa shape index (κ2) is 13.4. The summed E-state index contributed by atoms with van der Waals surface area (Å²) in [6.45, 7) is 1.83. The van der Waals surface area contributed by atoms with Crippen LogP contribution in [0.2, 0.25) is 5.02 Å². The number of rotatable bonds is 12. The first-order chi connectivity index (χ1) is 22.0. The third kappa shape index (κ3) is 6.98. The number of anilines is 1. The second-order valence-electron chi connectivity index (χ2n) is 13.7. The summed E-state index contributed by atoms with van der Waals surface area (Å²) in [6.07, 6.45) is 9.10. The number of hydrogen-bond donors (Lipinski definition) is 1. The molecule has 0 aromatic heterocycles. The Bertz CT molecular complexity index is 1630. The van der Waals surface area contributed by atoms with E-state index in [0.29, 0.717) is 22.8 Å². The molecule has 0 saturated heterocycles. The first-order valence-electron chi connectivity index (χ1n) is 16.5. The van der Waals surface area contributed by atoms with Crippen LogP contribution in [0.15, 0.2) is 78.9 Å². The van der Waals surface area contributed by atoms with Crippen LogP contribution in [0.5, 0.6) is 0 Å². The van der Waals surface area contributed by atoms with Crippen LogP contribution in [-0.4, -0.2) is 50.5 Å². The van der Waals surface area contributed by atoms with Gasteiger partial charge in [-0.3, -0.25) is 13.9 Å². The van der Waals surface area contributed by atoms with Crippen molar-refractivity contribution in [1.82, 2.24) is 10.2 Å². The van der Waals surface area contributed by atoms with Gasteiger partial charge in [0.15, 0.2) is 0 Å². The van der Waals surface area contributed by atoms with Crippen molar-refractivity contribution in [2.75, 3.05) is 23.7 Å². The lowest BCUT2D eigenvalue weighted by molar-refractivity contribution is -0.140. The van der Waals surface area contributed by atoms with E-state index in [1.165, 1.54) is 49.0 Å². The highest BCUT2D eigenvalue weighted by Crippen LogP contribution is 2.60. The summed E-state index contributed by atoms with van der Waals surface area (Å²) in [5.74, 6) is 1.61. The molecule has 46 heavy (non-hydrogen) atoms. The highest BCUT2D eigenvalue weighted by molar-refractivity contribution is 7.92. The minimum atomic E-state index is -3.84. The van der Waals surface area contributed by atoms with E-state index in [0.717, 1.165) is 33.9 Å². The van der Waals surface area contributed by atoms with Crippen molar-refractivity contribution in [3.8, 4) is 0 Å². The fourth-order valence-electron chi connectivity index (χ4n) is 8.72. The van der Waals surface area contributed by atoms with Crippen molar-refractivity contribution in [2.24, 2.45) is 17.8 Å². The first-order valence-corrected chi connectivity index (χ1v) is 18.7. The van der Waals surface area contributed by atoms with E-state index in [9.17, 15) is 18.0 Å². The number of benzene rings is 3. The number of nitrogens with zero attached hydrogens (tertiary/aromatic N) is 2. The average molecular weight is 662 g/mol. The molecule has 3 aromatic rings. The molecule has 4 aliphatic carbocycles. The Kier molecular flexibility index (Phi) is 9.49. The third-order valence-electron chi connectivity index (χ3n) is 10.4. The lowest BCUT2D eigenvalue weighted by atomic mass is 9.48. The molecule has 2 amide bonds. The van der Waals surface area contributed by atoms with Crippen LogP contribution in [0.1, 0.15) is 62.1 Å². The van der Waals surface area contributed by atoms with Gasteiger partial charge in [-0.15, -0.1) is 0 Å². The average Bonchev–Trinajstić information content (AvgIpc) is 3.02. The second-order valence-corrected chi connectivity index (χ2v) is 16.0. The van der Waals surface area contributed by atoms with Crippen LogP contribution in [0.3, 0.4) is 0 Å². The maximum Gasteiger partial charge on any atom is 0.244 e. The van der Waals surface area contributed by atoms with Crippen LogP contribution in [0.4, 0.5) is 5.69 Å². The maximum atomic E-state index is 14.3. The Morgan fingerprint density at radius 3 is 2.04 bits per heavy atom. The van der Waals surface area contributed by atoms with Gasteiger partial charge in [-0.25, -0.2) is 8.42 Å². The van der Waals surface area contributed by atoms with Gasteiger partial charge in [0.2, 0.25) is 21.8 Å². The van der Waals surface area contributed by atoms with Crippen LogP contribution < -0.4 is 9.62 Å². The fraction of sp³-hybridized carbons (Fsp3) is 0.459. The summed E-state index contributed by atoms with van der Waals surface area (Å²) < 4.78 is 27.7. The SMILES string of the molecule is CCNC(=O)[C@@H](Cc1ccccc1)N(Cc1ccccc1Cl)C(=O)CN(c1ccc(C23CC4CC(CC(C4)C2)C3)cc1)S(C)(=O)=O. The predicted molar refractivity (Wildman–Crippen MR) is 183 cm³/mol. The Labute approximate surface area is 278 Å². The zero-order valence-corrected chi connectivity index (χ0v) is 28.3. The van der Waals surface area contributed by atoms with Gasteiger partial charge in [-0.2, -0.15) is 0 Å². The molecular weight excluding hydrogens is 618 g/mol. The van der Waals surface area contributed by atoms with E-state index in [1.54, 1.807) is 6.07 Å². The third-order valence-corrected chi connectivity index (χ3v) is 11.9. The number of sulfonamides is 1. The fourth-order valence-corrected chi connectivity index (χ4v) is 9.76. The minimum Gasteiger partial charge on any atom is -0.355 e. The van der Waals surface area contributed by atoms with Crippen molar-refractivity contribution in [3.05, 3.63) is 101 Å². The number of nitrogens with one attached hydrogen (secondary N) is 1. The topological polar surface area (TPSA) is 86.8 Å². The molecule has 7 nitrogen and oxygen atoms in total. The molecule has 244 valence electrons. The van der Waals surface area contributed by atoms with Gasteiger partial charge < -0.3 is 10.2 Å². The number of carbonyl (C=O) groups excluding carboxylic acids is 2. The Morgan fingerprint density at radius 1 is 0.891 bits per heavy atom. The molecule has 1 atom stereocenters. The van der Waals surface area contributed by atoms with E-state index in [-0.39, 0.29) is 24.3 Å². The molecule has 0 unspecified atom stereocenters. The van der Waals surface area contributed by atoms with Gasteiger partial charge in [0, 0.05) is 24.5 Å². The molecule has 0 spiro atoms. The monoisotopic (exact) mass is 661 g/mol. The van der Waals surface area contributed by atoms with E-state index in [4.69, 9.17) is 11.6 Å². The molecule has 4 bridgehead atoms. The van der Waals surface area contributed by atoms with Crippen LogP contribution in [0, 0.1) is 17.8 Å². The summed E-state index contributed by atoms with van der Waals surface area (Å²) in [5, 5.41) is 3.35. The standard InChI is InChI=1S/C37H44ClN3O4S/c1-3-39-36(43)34(20-26-9-5-4-6-10-26)40(24-30-11-7-8-12-33(30)38)35(42)25-41(46(2,44)45)32-15-13-31(14-16-32)37-21-27-17-28(22-37)19-29(18-27)23-37/h4-16,27-29,34H,3,17-25H2,1-2H3,(H,39,43)/t27?,28?,29?,34-,37?/m1/s1. The molecular formula is C37H44ClN3O4S. The summed E-state index contributed by atoms with van der Waals surface area (Å²) in [4.78, 5) is 29.3. The maximum absolute atomic E-state index is 14.3. The zero-order valence-electron chi connectivity index (χ0n) is 26.7. The quantitative estimate of drug-likeness (QED) is 0.245. The Balaban J connectivity index is 1.30. The molecule has 1 N–H and O–H groups in total. The van der Waals surface area contributed by atoms with E-state index >= 15 is 0 Å². The molecule has 3 aromatic carbocycles. The number of amides is 2. The van der Waals surface area contributed by atoms with Gasteiger partial charge in [-0.1, -0.05) is 72.3 Å².